The quantitative estimate of drug-likeness (QED) is 0.681. The van der Waals surface area contributed by atoms with Crippen LogP contribution in [0.4, 0.5) is 0 Å². The second-order valence-corrected chi connectivity index (χ2v) is 8.12. The van der Waals surface area contributed by atoms with E-state index in [9.17, 15) is 13.2 Å². The molecule has 4 N–H and O–H groups in total. The highest BCUT2D eigenvalue weighted by Crippen LogP contribution is 2.24. The van der Waals surface area contributed by atoms with E-state index in [0.29, 0.717) is 31.2 Å². The first-order chi connectivity index (χ1) is 11.4. The topological polar surface area (TPSA) is 101 Å². The van der Waals surface area contributed by atoms with E-state index in [0.717, 1.165) is 31.5 Å². The fourth-order valence-electron chi connectivity index (χ4n) is 3.14. The Morgan fingerprint density at radius 1 is 1.29 bits per heavy atom. The van der Waals surface area contributed by atoms with Crippen molar-refractivity contribution in [3.05, 3.63) is 29.8 Å². The molecule has 1 atom stereocenters. The van der Waals surface area contributed by atoms with Crippen molar-refractivity contribution in [1.82, 2.24) is 10.6 Å². The highest BCUT2D eigenvalue weighted by atomic mass is 32.2. The van der Waals surface area contributed by atoms with Crippen molar-refractivity contribution in [3.8, 4) is 0 Å². The highest BCUT2D eigenvalue weighted by molar-refractivity contribution is 7.89. The van der Waals surface area contributed by atoms with Crippen LogP contribution < -0.4 is 15.8 Å². The summed E-state index contributed by atoms with van der Waals surface area (Å²) in [6, 6.07) is 6.43. The van der Waals surface area contributed by atoms with Crippen molar-refractivity contribution >= 4 is 15.9 Å². The maximum atomic E-state index is 12.0. The molecule has 6 nitrogen and oxygen atoms in total. The van der Waals surface area contributed by atoms with Crippen molar-refractivity contribution in [2.45, 2.75) is 37.5 Å². The molecule has 0 aliphatic carbocycles. The average molecular weight is 353 g/mol. The normalized spacial score (nSPS) is 17.4. The van der Waals surface area contributed by atoms with E-state index >= 15 is 0 Å². The molecule has 24 heavy (non-hydrogen) atoms. The average Bonchev–Trinajstić information content (AvgIpc) is 2.55. The van der Waals surface area contributed by atoms with Crippen molar-refractivity contribution in [1.29, 1.82) is 0 Å². The number of hydrogen-bond acceptors (Lipinski definition) is 4. The molecule has 1 amide bonds. The summed E-state index contributed by atoms with van der Waals surface area (Å²) in [7, 11) is -3.65. The Labute approximate surface area is 144 Å². The Morgan fingerprint density at radius 3 is 2.50 bits per heavy atom. The van der Waals surface area contributed by atoms with Crippen LogP contribution in [-0.4, -0.2) is 34.0 Å². The van der Waals surface area contributed by atoms with E-state index in [4.69, 9.17) is 5.14 Å². The monoisotopic (exact) mass is 353 g/mol. The predicted octanol–water partition coefficient (Wildman–Crippen LogP) is 1.02. The standard InChI is InChI=1S/C17H27N3O3S/c1-13(15-7-9-19-10-8-15)12-17(21)20-11-6-14-2-4-16(5-3-14)24(18,22)23/h2-5,13,15,19H,6-12H2,1H3,(H,20,21)(H2,18,22,23). The van der Waals surface area contributed by atoms with Gasteiger partial charge in [0, 0.05) is 13.0 Å². The van der Waals surface area contributed by atoms with Crippen LogP contribution in [0.1, 0.15) is 31.7 Å². The lowest BCUT2D eigenvalue weighted by Gasteiger charge is -2.27. The lowest BCUT2D eigenvalue weighted by atomic mass is 9.84. The van der Waals surface area contributed by atoms with Gasteiger partial charge in [-0.2, -0.15) is 0 Å². The Balaban J connectivity index is 1.72. The minimum absolute atomic E-state index is 0.0854. The van der Waals surface area contributed by atoms with E-state index in [2.05, 4.69) is 17.6 Å². The molecule has 0 saturated carbocycles. The number of sulfonamides is 1. The predicted molar refractivity (Wildman–Crippen MR) is 93.9 cm³/mol. The molecule has 0 radical (unpaired) electrons. The van der Waals surface area contributed by atoms with Gasteiger partial charge in [-0.05, 0) is 61.9 Å². The minimum Gasteiger partial charge on any atom is -0.356 e. The van der Waals surface area contributed by atoms with Crippen LogP contribution in [0.25, 0.3) is 0 Å². The minimum atomic E-state index is -3.65. The molecule has 0 bridgehead atoms. The van der Waals surface area contributed by atoms with Crippen LogP contribution >= 0.6 is 0 Å². The summed E-state index contributed by atoms with van der Waals surface area (Å²) in [5, 5.41) is 11.4. The van der Waals surface area contributed by atoms with Crippen LogP contribution in [-0.2, 0) is 21.2 Å². The number of benzene rings is 1. The zero-order chi connectivity index (χ0) is 17.6. The van der Waals surface area contributed by atoms with Crippen LogP contribution in [0.3, 0.4) is 0 Å². The molecular formula is C17H27N3O3S. The fraction of sp³-hybridized carbons (Fsp3) is 0.588. The number of rotatable bonds is 7. The Morgan fingerprint density at radius 2 is 1.92 bits per heavy atom. The van der Waals surface area contributed by atoms with E-state index < -0.39 is 10.0 Å². The number of piperidine rings is 1. The number of nitrogens with one attached hydrogen (secondary N) is 2. The first kappa shape index (κ1) is 18.9. The molecule has 1 fully saturated rings. The van der Waals surface area contributed by atoms with Crippen LogP contribution in [0.2, 0.25) is 0 Å². The fourth-order valence-corrected chi connectivity index (χ4v) is 3.65. The molecular weight excluding hydrogens is 326 g/mol. The van der Waals surface area contributed by atoms with E-state index in [1.807, 2.05) is 0 Å². The van der Waals surface area contributed by atoms with Crippen molar-refractivity contribution < 1.29 is 13.2 Å². The lowest BCUT2D eigenvalue weighted by molar-refractivity contribution is -0.122. The molecule has 1 heterocycles. The molecule has 134 valence electrons. The summed E-state index contributed by atoms with van der Waals surface area (Å²) in [4.78, 5) is 12.2. The second-order valence-electron chi connectivity index (χ2n) is 6.56. The molecule has 1 unspecified atom stereocenters. The van der Waals surface area contributed by atoms with Gasteiger partial charge in [0.1, 0.15) is 0 Å². The van der Waals surface area contributed by atoms with Gasteiger partial charge in [0.2, 0.25) is 15.9 Å². The highest BCUT2D eigenvalue weighted by Gasteiger charge is 2.21. The molecule has 1 aliphatic heterocycles. The summed E-state index contributed by atoms with van der Waals surface area (Å²) in [5.74, 6) is 1.12. The van der Waals surface area contributed by atoms with Gasteiger partial charge >= 0.3 is 0 Å². The maximum Gasteiger partial charge on any atom is 0.238 e. The van der Waals surface area contributed by atoms with Gasteiger partial charge in [0.15, 0.2) is 0 Å². The number of nitrogens with two attached hydrogens (primary N) is 1. The molecule has 7 heteroatoms. The summed E-state index contributed by atoms with van der Waals surface area (Å²) in [6.45, 7) is 4.80. The third-order valence-corrected chi connectivity index (χ3v) is 5.61. The van der Waals surface area contributed by atoms with Gasteiger partial charge in [-0.3, -0.25) is 4.79 Å². The first-order valence-corrected chi connectivity index (χ1v) is 10.00. The van der Waals surface area contributed by atoms with E-state index in [1.54, 1.807) is 12.1 Å². The zero-order valence-electron chi connectivity index (χ0n) is 14.1. The van der Waals surface area contributed by atoms with Gasteiger partial charge in [0.25, 0.3) is 0 Å². The van der Waals surface area contributed by atoms with Crippen LogP contribution in [0.15, 0.2) is 29.2 Å². The van der Waals surface area contributed by atoms with E-state index in [-0.39, 0.29) is 10.8 Å². The van der Waals surface area contributed by atoms with Gasteiger partial charge in [0.05, 0.1) is 4.90 Å². The number of amides is 1. The third kappa shape index (κ3) is 5.89. The number of carbonyl (C=O) groups is 1. The SMILES string of the molecule is CC(CC(=O)NCCc1ccc(S(N)(=O)=O)cc1)C1CCNCC1. The Bertz CT molecular complexity index is 638. The van der Waals surface area contributed by atoms with Crippen LogP contribution in [0, 0.1) is 11.8 Å². The van der Waals surface area contributed by atoms with Gasteiger partial charge in [-0.1, -0.05) is 19.1 Å². The zero-order valence-corrected chi connectivity index (χ0v) is 14.9. The molecule has 0 spiro atoms. The molecule has 1 aromatic carbocycles. The van der Waals surface area contributed by atoms with Crippen LogP contribution in [0.5, 0.6) is 0 Å². The summed E-state index contributed by atoms with van der Waals surface area (Å²) < 4.78 is 22.4. The maximum absolute atomic E-state index is 12.0. The number of hydrogen-bond donors (Lipinski definition) is 3. The van der Waals surface area contributed by atoms with Crippen molar-refractivity contribution in [2.75, 3.05) is 19.6 Å². The Hall–Kier alpha value is -1.44. The summed E-state index contributed by atoms with van der Waals surface area (Å²) in [5.41, 5.74) is 0.967. The molecule has 0 aromatic heterocycles. The van der Waals surface area contributed by atoms with Gasteiger partial charge in [-0.15, -0.1) is 0 Å². The van der Waals surface area contributed by atoms with Gasteiger partial charge < -0.3 is 10.6 Å². The van der Waals surface area contributed by atoms with Crippen molar-refractivity contribution in [3.63, 3.8) is 0 Å². The largest absolute Gasteiger partial charge is 0.356 e. The molecule has 1 aliphatic rings. The smallest absolute Gasteiger partial charge is 0.238 e. The molecule has 1 saturated heterocycles. The lowest BCUT2D eigenvalue weighted by Crippen LogP contribution is -2.34. The first-order valence-electron chi connectivity index (χ1n) is 8.45. The summed E-state index contributed by atoms with van der Waals surface area (Å²) >= 11 is 0. The second kappa shape index (κ2) is 8.60. The van der Waals surface area contributed by atoms with Gasteiger partial charge in [-0.25, -0.2) is 13.6 Å². The van der Waals surface area contributed by atoms with Crippen molar-refractivity contribution in [2.24, 2.45) is 17.0 Å². The molecule has 1 aromatic rings. The number of carbonyl (C=O) groups excluding carboxylic acids is 1. The number of primary sulfonamides is 1. The summed E-state index contributed by atoms with van der Waals surface area (Å²) in [6.07, 6.45) is 3.52. The Kier molecular flexibility index (Phi) is 6.77. The third-order valence-electron chi connectivity index (χ3n) is 4.68. The molecule has 2 rings (SSSR count). The van der Waals surface area contributed by atoms with E-state index in [1.165, 1.54) is 12.1 Å².